The summed E-state index contributed by atoms with van der Waals surface area (Å²) in [4.78, 5) is 0. The van der Waals surface area contributed by atoms with Crippen molar-refractivity contribution in [2.75, 3.05) is 11.9 Å². The number of benzene rings is 1. The minimum atomic E-state index is 0.167. The van der Waals surface area contributed by atoms with E-state index in [-0.39, 0.29) is 5.41 Å². The van der Waals surface area contributed by atoms with Crippen LogP contribution in [-0.2, 0) is 0 Å². The molecule has 0 unspecified atom stereocenters. The smallest absolute Gasteiger partial charge is 0.0621 e. The molecule has 1 N–H and O–H groups in total. The van der Waals surface area contributed by atoms with Gasteiger partial charge >= 0.3 is 0 Å². The van der Waals surface area contributed by atoms with Gasteiger partial charge in [-0.1, -0.05) is 31.5 Å². The molecule has 1 aromatic carbocycles. The molecule has 0 aliphatic rings. The van der Waals surface area contributed by atoms with Crippen LogP contribution < -0.4 is 5.32 Å². The summed E-state index contributed by atoms with van der Waals surface area (Å²) in [6.07, 6.45) is 1.56. The van der Waals surface area contributed by atoms with Crippen molar-refractivity contribution < 1.29 is 0 Å². The Morgan fingerprint density at radius 2 is 1.88 bits per heavy atom. The van der Waals surface area contributed by atoms with Crippen molar-refractivity contribution in [3.05, 3.63) is 29.8 Å². The minimum absolute atomic E-state index is 0.167. The van der Waals surface area contributed by atoms with Crippen LogP contribution in [0.1, 0.15) is 32.3 Å². The Morgan fingerprint density at radius 3 is 2.44 bits per heavy atom. The first-order chi connectivity index (χ1) is 7.53. The fourth-order valence-corrected chi connectivity index (χ4v) is 1.50. The van der Waals surface area contributed by atoms with Crippen molar-refractivity contribution in [3.63, 3.8) is 0 Å². The molecule has 0 aliphatic heterocycles. The molecule has 0 spiro atoms. The van der Waals surface area contributed by atoms with Crippen LogP contribution >= 0.6 is 0 Å². The third-order valence-electron chi connectivity index (χ3n) is 2.74. The summed E-state index contributed by atoms with van der Waals surface area (Å²) in [6, 6.07) is 10.6. The van der Waals surface area contributed by atoms with Gasteiger partial charge in [-0.3, -0.25) is 0 Å². The number of hydrogen-bond donors (Lipinski definition) is 1. The van der Waals surface area contributed by atoms with Gasteiger partial charge in [-0.2, -0.15) is 5.26 Å². The molecule has 0 bridgehead atoms. The van der Waals surface area contributed by atoms with Crippen molar-refractivity contribution in [1.82, 2.24) is 0 Å². The second kappa shape index (κ2) is 5.55. The standard InChI is InChI=1S/C14H20N2/c1-12-5-7-13(8-6-12)16-11-14(2,3)9-4-10-15/h5-8,16H,4,9,11H2,1-3H3. The van der Waals surface area contributed by atoms with Gasteiger partial charge in [0.2, 0.25) is 0 Å². The van der Waals surface area contributed by atoms with Gasteiger partial charge in [0.05, 0.1) is 6.07 Å². The quantitative estimate of drug-likeness (QED) is 0.814. The largest absolute Gasteiger partial charge is 0.385 e. The SMILES string of the molecule is Cc1ccc(NCC(C)(C)CCC#N)cc1. The van der Waals surface area contributed by atoms with Crippen molar-refractivity contribution in [2.24, 2.45) is 5.41 Å². The van der Waals surface area contributed by atoms with Gasteiger partial charge in [0.1, 0.15) is 0 Å². The Labute approximate surface area is 98.3 Å². The zero-order chi connectivity index (χ0) is 12.0. The van der Waals surface area contributed by atoms with Crippen LogP contribution in [0.4, 0.5) is 5.69 Å². The predicted molar refractivity (Wildman–Crippen MR) is 68.3 cm³/mol. The highest BCUT2D eigenvalue weighted by Gasteiger charge is 2.16. The number of hydrogen-bond acceptors (Lipinski definition) is 2. The van der Waals surface area contributed by atoms with E-state index in [1.807, 2.05) is 0 Å². The van der Waals surface area contributed by atoms with Crippen molar-refractivity contribution in [2.45, 2.75) is 33.6 Å². The summed E-state index contributed by atoms with van der Waals surface area (Å²) < 4.78 is 0. The van der Waals surface area contributed by atoms with E-state index in [0.717, 1.165) is 18.7 Å². The molecule has 0 fully saturated rings. The highest BCUT2D eigenvalue weighted by molar-refractivity contribution is 5.44. The number of aryl methyl sites for hydroxylation is 1. The molecule has 0 atom stereocenters. The first-order valence-electron chi connectivity index (χ1n) is 5.71. The van der Waals surface area contributed by atoms with Gasteiger partial charge in [-0.25, -0.2) is 0 Å². The van der Waals surface area contributed by atoms with E-state index >= 15 is 0 Å². The molecule has 86 valence electrons. The van der Waals surface area contributed by atoms with Crippen LogP contribution in [-0.4, -0.2) is 6.54 Å². The van der Waals surface area contributed by atoms with Crippen molar-refractivity contribution in [1.29, 1.82) is 5.26 Å². The van der Waals surface area contributed by atoms with Gasteiger partial charge < -0.3 is 5.32 Å². The second-order valence-corrected chi connectivity index (χ2v) is 5.04. The summed E-state index contributed by atoms with van der Waals surface area (Å²) >= 11 is 0. The molecular formula is C14H20N2. The molecule has 0 amide bonds. The molecule has 16 heavy (non-hydrogen) atoms. The molecular weight excluding hydrogens is 196 g/mol. The molecule has 0 aliphatic carbocycles. The highest BCUT2D eigenvalue weighted by Crippen LogP contribution is 2.22. The van der Waals surface area contributed by atoms with E-state index in [2.05, 4.69) is 56.4 Å². The van der Waals surface area contributed by atoms with Crippen LogP contribution in [0.3, 0.4) is 0 Å². The zero-order valence-corrected chi connectivity index (χ0v) is 10.4. The summed E-state index contributed by atoms with van der Waals surface area (Å²) in [5.74, 6) is 0. The van der Waals surface area contributed by atoms with E-state index in [4.69, 9.17) is 5.26 Å². The molecule has 0 heterocycles. The monoisotopic (exact) mass is 216 g/mol. The normalized spacial score (nSPS) is 10.9. The number of nitrogens with one attached hydrogen (secondary N) is 1. The summed E-state index contributed by atoms with van der Waals surface area (Å²) in [5, 5.41) is 12.0. The van der Waals surface area contributed by atoms with E-state index in [1.165, 1.54) is 5.56 Å². The van der Waals surface area contributed by atoms with Gasteiger partial charge in [0.25, 0.3) is 0 Å². The molecule has 2 heteroatoms. The van der Waals surface area contributed by atoms with Crippen LogP contribution in [0.2, 0.25) is 0 Å². The van der Waals surface area contributed by atoms with Crippen LogP contribution in [0.5, 0.6) is 0 Å². The Hall–Kier alpha value is -1.49. The summed E-state index contributed by atoms with van der Waals surface area (Å²) in [6.45, 7) is 7.36. The number of anilines is 1. The maximum absolute atomic E-state index is 8.57. The summed E-state index contributed by atoms with van der Waals surface area (Å²) in [7, 11) is 0. The Morgan fingerprint density at radius 1 is 1.25 bits per heavy atom. The van der Waals surface area contributed by atoms with Gasteiger partial charge in [0.15, 0.2) is 0 Å². The number of nitriles is 1. The third kappa shape index (κ3) is 4.35. The van der Waals surface area contributed by atoms with E-state index in [9.17, 15) is 0 Å². The van der Waals surface area contributed by atoms with Crippen molar-refractivity contribution >= 4 is 5.69 Å². The fourth-order valence-electron chi connectivity index (χ4n) is 1.50. The Balaban J connectivity index is 2.45. The summed E-state index contributed by atoms with van der Waals surface area (Å²) in [5.41, 5.74) is 2.59. The molecule has 2 nitrogen and oxygen atoms in total. The lowest BCUT2D eigenvalue weighted by Gasteiger charge is -2.24. The average Bonchev–Trinajstić information content (AvgIpc) is 2.26. The van der Waals surface area contributed by atoms with Crippen LogP contribution in [0.15, 0.2) is 24.3 Å². The minimum Gasteiger partial charge on any atom is -0.385 e. The van der Waals surface area contributed by atoms with Crippen LogP contribution in [0.25, 0.3) is 0 Å². The van der Waals surface area contributed by atoms with Crippen LogP contribution in [0, 0.1) is 23.7 Å². The van der Waals surface area contributed by atoms with Gasteiger partial charge in [-0.15, -0.1) is 0 Å². The molecule has 0 radical (unpaired) electrons. The van der Waals surface area contributed by atoms with Crippen molar-refractivity contribution in [3.8, 4) is 6.07 Å². The molecule has 1 rings (SSSR count). The number of rotatable bonds is 5. The second-order valence-electron chi connectivity index (χ2n) is 5.04. The van der Waals surface area contributed by atoms with E-state index in [1.54, 1.807) is 0 Å². The lowest BCUT2D eigenvalue weighted by Crippen LogP contribution is -2.22. The lowest BCUT2D eigenvalue weighted by atomic mass is 9.88. The topological polar surface area (TPSA) is 35.8 Å². The lowest BCUT2D eigenvalue weighted by molar-refractivity contribution is 0.364. The maximum Gasteiger partial charge on any atom is 0.0621 e. The van der Waals surface area contributed by atoms with E-state index in [0.29, 0.717) is 6.42 Å². The maximum atomic E-state index is 8.57. The third-order valence-corrected chi connectivity index (χ3v) is 2.74. The van der Waals surface area contributed by atoms with Gasteiger partial charge in [-0.05, 0) is 30.9 Å². The molecule has 1 aromatic rings. The highest BCUT2D eigenvalue weighted by atomic mass is 14.9. The molecule has 0 saturated heterocycles. The zero-order valence-electron chi connectivity index (χ0n) is 10.4. The average molecular weight is 216 g/mol. The predicted octanol–water partition coefficient (Wildman–Crippen LogP) is 3.74. The first-order valence-corrected chi connectivity index (χ1v) is 5.71. The molecule has 0 saturated carbocycles. The Kier molecular flexibility index (Phi) is 4.37. The Bertz CT molecular complexity index is 357. The van der Waals surface area contributed by atoms with E-state index < -0.39 is 0 Å². The van der Waals surface area contributed by atoms with Gasteiger partial charge in [0, 0.05) is 18.7 Å². The molecule has 0 aromatic heterocycles. The first kappa shape index (κ1) is 12.6. The number of nitrogens with zero attached hydrogens (tertiary/aromatic N) is 1. The fraction of sp³-hybridized carbons (Fsp3) is 0.500.